The van der Waals surface area contributed by atoms with Crippen LogP contribution >= 0.6 is 0 Å². The largest absolute Gasteiger partial charge is 0.374 e. The molecule has 0 aliphatic carbocycles. The number of anilines is 1. The molecule has 0 bridgehead atoms. The Morgan fingerprint density at radius 2 is 1.70 bits per heavy atom. The Hall–Kier alpha value is -2.13. The third-order valence-electron chi connectivity index (χ3n) is 2.87. The fourth-order valence-electron chi connectivity index (χ4n) is 1.84. The lowest BCUT2D eigenvalue weighted by atomic mass is 10.1. The normalized spacial score (nSPS) is 10.6. The van der Waals surface area contributed by atoms with Gasteiger partial charge in [0, 0.05) is 11.3 Å². The van der Waals surface area contributed by atoms with Crippen LogP contribution in [0.15, 0.2) is 54.6 Å². The van der Waals surface area contributed by atoms with Gasteiger partial charge in [0.1, 0.15) is 0 Å². The monoisotopic (exact) mass is 269 g/mol. The lowest BCUT2D eigenvalue weighted by Crippen LogP contribution is -2.15. The van der Waals surface area contributed by atoms with Crippen molar-refractivity contribution in [2.75, 3.05) is 5.32 Å². The second-order valence-electron chi connectivity index (χ2n) is 4.84. The van der Waals surface area contributed by atoms with Crippen LogP contribution in [0.1, 0.15) is 29.8 Å². The molecule has 2 aromatic rings. The van der Waals surface area contributed by atoms with Crippen LogP contribution in [0, 0.1) is 0 Å². The number of rotatable bonds is 5. The average molecular weight is 269 g/mol. The van der Waals surface area contributed by atoms with Gasteiger partial charge in [-0.2, -0.15) is 0 Å². The molecule has 0 saturated heterocycles. The average Bonchev–Trinajstić information content (AvgIpc) is 2.46. The molecule has 3 heteroatoms. The molecule has 0 fully saturated rings. The molecule has 0 aliphatic rings. The van der Waals surface area contributed by atoms with Gasteiger partial charge in [0.05, 0.1) is 12.7 Å². The molecule has 104 valence electrons. The van der Waals surface area contributed by atoms with Crippen molar-refractivity contribution >= 4 is 11.6 Å². The molecule has 0 radical (unpaired) electrons. The van der Waals surface area contributed by atoms with Crippen molar-refractivity contribution in [1.29, 1.82) is 0 Å². The van der Waals surface area contributed by atoms with E-state index in [1.54, 1.807) is 0 Å². The summed E-state index contributed by atoms with van der Waals surface area (Å²) in [5.74, 6) is -0.112. The van der Waals surface area contributed by atoms with Gasteiger partial charge in [0.15, 0.2) is 0 Å². The lowest BCUT2D eigenvalue weighted by Gasteiger charge is -2.12. The zero-order valence-electron chi connectivity index (χ0n) is 11.8. The molecule has 1 N–H and O–H groups in total. The van der Waals surface area contributed by atoms with E-state index >= 15 is 0 Å². The standard InChI is InChI=1S/C17H19NO2/c1-13(2)20-12-14-8-6-7-11-16(14)17(19)18-15-9-4-3-5-10-15/h3-11,13H,12H2,1-2H3,(H,18,19). The number of benzene rings is 2. The van der Waals surface area contributed by atoms with Crippen LogP contribution in [0.3, 0.4) is 0 Å². The Balaban J connectivity index is 2.13. The highest BCUT2D eigenvalue weighted by Crippen LogP contribution is 2.14. The summed E-state index contributed by atoms with van der Waals surface area (Å²) in [5.41, 5.74) is 2.34. The predicted molar refractivity (Wildman–Crippen MR) is 80.8 cm³/mol. The fourth-order valence-corrected chi connectivity index (χ4v) is 1.84. The van der Waals surface area contributed by atoms with Gasteiger partial charge in [-0.15, -0.1) is 0 Å². The van der Waals surface area contributed by atoms with E-state index in [1.165, 1.54) is 0 Å². The van der Waals surface area contributed by atoms with Gasteiger partial charge in [-0.25, -0.2) is 0 Å². The smallest absolute Gasteiger partial charge is 0.256 e. The third-order valence-corrected chi connectivity index (χ3v) is 2.87. The van der Waals surface area contributed by atoms with Crippen molar-refractivity contribution in [3.8, 4) is 0 Å². The molecule has 0 atom stereocenters. The molecule has 0 unspecified atom stereocenters. The van der Waals surface area contributed by atoms with E-state index in [0.717, 1.165) is 11.3 Å². The van der Waals surface area contributed by atoms with Gasteiger partial charge >= 0.3 is 0 Å². The van der Waals surface area contributed by atoms with Crippen LogP contribution in [-0.4, -0.2) is 12.0 Å². The predicted octanol–water partition coefficient (Wildman–Crippen LogP) is 3.86. The molecule has 0 aliphatic heterocycles. The van der Waals surface area contributed by atoms with Crippen LogP contribution in [0.25, 0.3) is 0 Å². The van der Waals surface area contributed by atoms with Crippen LogP contribution < -0.4 is 5.32 Å². The number of ether oxygens (including phenoxy) is 1. The summed E-state index contributed by atoms with van der Waals surface area (Å²) < 4.78 is 5.59. The molecule has 2 aromatic carbocycles. The molecule has 0 spiro atoms. The maximum absolute atomic E-state index is 12.3. The Morgan fingerprint density at radius 3 is 2.40 bits per heavy atom. The third kappa shape index (κ3) is 3.93. The summed E-state index contributed by atoms with van der Waals surface area (Å²) in [6, 6.07) is 16.9. The maximum atomic E-state index is 12.3. The van der Waals surface area contributed by atoms with Crippen molar-refractivity contribution in [3.05, 3.63) is 65.7 Å². The van der Waals surface area contributed by atoms with Gasteiger partial charge in [-0.1, -0.05) is 36.4 Å². The highest BCUT2D eigenvalue weighted by atomic mass is 16.5. The molecule has 0 heterocycles. The van der Waals surface area contributed by atoms with E-state index in [1.807, 2.05) is 68.4 Å². The molecule has 0 saturated carbocycles. The molecule has 0 aromatic heterocycles. The second kappa shape index (κ2) is 6.87. The first-order chi connectivity index (χ1) is 9.66. The maximum Gasteiger partial charge on any atom is 0.256 e. The molecule has 1 amide bonds. The Kier molecular flexibility index (Phi) is 4.91. The lowest BCUT2D eigenvalue weighted by molar-refractivity contribution is 0.0648. The van der Waals surface area contributed by atoms with E-state index in [4.69, 9.17) is 4.74 Å². The number of para-hydroxylation sites is 1. The minimum atomic E-state index is -0.112. The summed E-state index contributed by atoms with van der Waals surface area (Å²) in [5, 5.41) is 2.89. The number of hydrogen-bond donors (Lipinski definition) is 1. The Bertz CT molecular complexity index is 564. The van der Waals surface area contributed by atoms with Crippen molar-refractivity contribution in [2.45, 2.75) is 26.6 Å². The number of carbonyl (C=O) groups excluding carboxylic acids is 1. The first kappa shape index (κ1) is 14.3. The van der Waals surface area contributed by atoms with Crippen LogP contribution in [0.4, 0.5) is 5.69 Å². The van der Waals surface area contributed by atoms with Crippen molar-refractivity contribution in [1.82, 2.24) is 0 Å². The number of hydrogen-bond acceptors (Lipinski definition) is 2. The zero-order valence-corrected chi connectivity index (χ0v) is 11.8. The fraction of sp³-hybridized carbons (Fsp3) is 0.235. The molecular weight excluding hydrogens is 250 g/mol. The van der Waals surface area contributed by atoms with Crippen molar-refractivity contribution in [2.24, 2.45) is 0 Å². The van der Waals surface area contributed by atoms with Crippen LogP contribution in [0.5, 0.6) is 0 Å². The zero-order chi connectivity index (χ0) is 14.4. The quantitative estimate of drug-likeness (QED) is 0.895. The Morgan fingerprint density at radius 1 is 1.05 bits per heavy atom. The van der Waals surface area contributed by atoms with Crippen molar-refractivity contribution in [3.63, 3.8) is 0 Å². The Labute approximate surface area is 119 Å². The summed E-state index contributed by atoms with van der Waals surface area (Å²) in [7, 11) is 0. The number of nitrogens with one attached hydrogen (secondary N) is 1. The topological polar surface area (TPSA) is 38.3 Å². The minimum Gasteiger partial charge on any atom is -0.374 e. The van der Waals surface area contributed by atoms with E-state index in [9.17, 15) is 4.79 Å². The first-order valence-corrected chi connectivity index (χ1v) is 6.72. The molecular formula is C17H19NO2. The van der Waals surface area contributed by atoms with Gasteiger partial charge in [-0.3, -0.25) is 4.79 Å². The minimum absolute atomic E-state index is 0.112. The molecule has 2 rings (SSSR count). The summed E-state index contributed by atoms with van der Waals surface area (Å²) in [4.78, 5) is 12.3. The summed E-state index contributed by atoms with van der Waals surface area (Å²) >= 11 is 0. The van der Waals surface area contributed by atoms with Gasteiger partial charge in [-0.05, 0) is 37.6 Å². The van der Waals surface area contributed by atoms with Gasteiger partial charge in [0.25, 0.3) is 5.91 Å². The van der Waals surface area contributed by atoms with Crippen molar-refractivity contribution < 1.29 is 9.53 Å². The van der Waals surface area contributed by atoms with Gasteiger partial charge in [0.2, 0.25) is 0 Å². The van der Waals surface area contributed by atoms with Gasteiger partial charge < -0.3 is 10.1 Å². The van der Waals surface area contributed by atoms with E-state index in [2.05, 4.69) is 5.32 Å². The molecule has 20 heavy (non-hydrogen) atoms. The van der Waals surface area contributed by atoms with E-state index in [0.29, 0.717) is 12.2 Å². The SMILES string of the molecule is CC(C)OCc1ccccc1C(=O)Nc1ccccc1. The second-order valence-corrected chi connectivity index (χ2v) is 4.84. The van der Waals surface area contributed by atoms with Crippen LogP contribution in [-0.2, 0) is 11.3 Å². The van der Waals surface area contributed by atoms with Crippen LogP contribution in [0.2, 0.25) is 0 Å². The first-order valence-electron chi connectivity index (χ1n) is 6.72. The highest BCUT2D eigenvalue weighted by molar-refractivity contribution is 6.05. The number of amides is 1. The van der Waals surface area contributed by atoms with E-state index < -0.39 is 0 Å². The van der Waals surface area contributed by atoms with E-state index in [-0.39, 0.29) is 12.0 Å². The highest BCUT2D eigenvalue weighted by Gasteiger charge is 2.11. The summed E-state index contributed by atoms with van der Waals surface area (Å²) in [6.07, 6.45) is 0.139. The summed E-state index contributed by atoms with van der Waals surface area (Å²) in [6.45, 7) is 4.40. The number of carbonyl (C=O) groups is 1. The molecule has 3 nitrogen and oxygen atoms in total.